The Hall–Kier alpha value is -3.43. The average molecular weight is 535 g/mol. The van der Waals surface area contributed by atoms with Crippen molar-refractivity contribution in [2.24, 2.45) is 5.41 Å². The van der Waals surface area contributed by atoms with Crippen LogP contribution in [0.15, 0.2) is 42.5 Å². The number of aliphatic hydroxyl groups excluding tert-OH is 1. The topological polar surface area (TPSA) is 124 Å². The van der Waals surface area contributed by atoms with E-state index in [4.69, 9.17) is 14.9 Å². The van der Waals surface area contributed by atoms with Crippen LogP contribution in [0.5, 0.6) is 5.75 Å². The molecule has 1 fully saturated rings. The maximum absolute atomic E-state index is 13.7. The van der Waals surface area contributed by atoms with Crippen LogP contribution in [0.1, 0.15) is 79.2 Å². The Labute approximate surface area is 229 Å². The summed E-state index contributed by atoms with van der Waals surface area (Å²) in [4.78, 5) is 28.7. The molecule has 2 aromatic carbocycles. The van der Waals surface area contributed by atoms with Crippen LogP contribution in [0.3, 0.4) is 0 Å². The van der Waals surface area contributed by atoms with E-state index < -0.39 is 29.1 Å². The molecular weight excluding hydrogens is 496 g/mol. The van der Waals surface area contributed by atoms with E-state index in [1.807, 2.05) is 45.0 Å². The first-order chi connectivity index (χ1) is 18.6. The molecule has 9 nitrogen and oxygen atoms in total. The molecule has 9 heteroatoms. The normalized spacial score (nSPS) is 27.3. The van der Waals surface area contributed by atoms with Crippen LogP contribution in [-0.2, 0) is 16.0 Å². The molecule has 0 saturated carbocycles. The Morgan fingerprint density at radius 2 is 1.97 bits per heavy atom. The fraction of sp³-hybridized carbons (Fsp3) is 0.500. The van der Waals surface area contributed by atoms with E-state index in [2.05, 4.69) is 10.6 Å². The van der Waals surface area contributed by atoms with Crippen molar-refractivity contribution in [1.29, 1.82) is 5.41 Å². The molecule has 3 aliphatic rings. The largest absolute Gasteiger partial charge is 0.492 e. The van der Waals surface area contributed by atoms with Gasteiger partial charge in [-0.25, -0.2) is 0 Å². The molecule has 2 aromatic rings. The number of nitrogens with one attached hydrogen (secondary N) is 3. The quantitative estimate of drug-likeness (QED) is 0.431. The second kappa shape index (κ2) is 10.3. The van der Waals surface area contributed by atoms with Gasteiger partial charge in [0.05, 0.1) is 43.2 Å². The fourth-order valence-corrected chi connectivity index (χ4v) is 6.41. The third-order valence-corrected chi connectivity index (χ3v) is 8.74. The molecule has 2 unspecified atom stereocenters. The maximum atomic E-state index is 13.7. The summed E-state index contributed by atoms with van der Waals surface area (Å²) in [7, 11) is 1.60. The van der Waals surface area contributed by atoms with Gasteiger partial charge in [-0.3, -0.25) is 19.9 Å². The van der Waals surface area contributed by atoms with E-state index in [9.17, 15) is 14.7 Å². The molecule has 4 N–H and O–H groups in total. The molecule has 0 aromatic heterocycles. The van der Waals surface area contributed by atoms with Gasteiger partial charge in [-0.1, -0.05) is 45.0 Å². The zero-order valence-electron chi connectivity index (χ0n) is 23.0. The highest BCUT2D eigenvalue weighted by Crippen LogP contribution is 2.48. The Balaban J connectivity index is 1.50. The van der Waals surface area contributed by atoms with Crippen LogP contribution in [0.4, 0.5) is 0 Å². The van der Waals surface area contributed by atoms with Crippen molar-refractivity contribution in [3.63, 3.8) is 0 Å². The van der Waals surface area contributed by atoms with Crippen LogP contribution < -0.4 is 15.4 Å². The zero-order chi connectivity index (χ0) is 27.9. The Morgan fingerprint density at radius 1 is 1.23 bits per heavy atom. The van der Waals surface area contributed by atoms with Gasteiger partial charge in [-0.15, -0.1) is 0 Å². The third-order valence-electron chi connectivity index (χ3n) is 8.74. The maximum Gasteiger partial charge on any atom is 0.251 e. The molecule has 5 rings (SSSR count). The summed E-state index contributed by atoms with van der Waals surface area (Å²) < 4.78 is 11.7. The molecular formula is C30H38N4O5. The van der Waals surface area contributed by atoms with Crippen LogP contribution >= 0.6 is 0 Å². The Kier molecular flexibility index (Phi) is 7.15. The number of guanidine groups is 1. The lowest BCUT2D eigenvalue weighted by molar-refractivity contribution is -0.137. The molecule has 0 bridgehead atoms. The highest BCUT2D eigenvalue weighted by molar-refractivity contribution is 6.00. The lowest BCUT2D eigenvalue weighted by Crippen LogP contribution is -2.65. The molecule has 4 atom stereocenters. The third kappa shape index (κ3) is 4.67. The number of hydrogen-bond acceptors (Lipinski definition) is 6. The number of nitrogens with zero attached hydrogens (tertiary/aromatic N) is 1. The minimum Gasteiger partial charge on any atom is -0.492 e. The first-order valence-electron chi connectivity index (χ1n) is 13.7. The summed E-state index contributed by atoms with van der Waals surface area (Å²) in [5.41, 5.74) is 1.87. The summed E-state index contributed by atoms with van der Waals surface area (Å²) in [5.74, 6) is 0.157. The van der Waals surface area contributed by atoms with Crippen molar-refractivity contribution in [3.8, 4) is 5.75 Å². The van der Waals surface area contributed by atoms with E-state index >= 15 is 0 Å². The number of amides is 2. The summed E-state index contributed by atoms with van der Waals surface area (Å²) in [5, 5.41) is 25.9. The number of rotatable bonds is 7. The molecule has 208 valence electrons. The minimum absolute atomic E-state index is 0.0515. The van der Waals surface area contributed by atoms with Gasteiger partial charge in [0.2, 0.25) is 5.91 Å². The predicted molar refractivity (Wildman–Crippen MR) is 147 cm³/mol. The highest BCUT2D eigenvalue weighted by Gasteiger charge is 2.51. The number of ether oxygens (including phenoxy) is 2. The first kappa shape index (κ1) is 27.1. The van der Waals surface area contributed by atoms with Gasteiger partial charge < -0.3 is 25.2 Å². The number of fused-ring (bicyclic) bond motifs is 2. The van der Waals surface area contributed by atoms with Crippen molar-refractivity contribution in [1.82, 2.24) is 15.5 Å². The van der Waals surface area contributed by atoms with Crippen molar-refractivity contribution in [2.45, 2.75) is 70.2 Å². The smallest absolute Gasteiger partial charge is 0.251 e. The fourth-order valence-electron chi connectivity index (χ4n) is 6.41. The molecule has 1 saturated heterocycles. The minimum atomic E-state index is -0.708. The van der Waals surface area contributed by atoms with E-state index in [-0.39, 0.29) is 24.2 Å². The summed E-state index contributed by atoms with van der Waals surface area (Å²) in [6, 6.07) is 11.8. The predicted octanol–water partition coefficient (Wildman–Crippen LogP) is 3.48. The molecule has 1 aliphatic carbocycles. The number of aliphatic hydroxyl groups is 1. The number of methoxy groups -OCH3 is 1. The van der Waals surface area contributed by atoms with Crippen molar-refractivity contribution >= 4 is 17.8 Å². The standard InChI is InChI=1S/C30H38N4O5/c1-5-30(6-2)15-24(36)34(28(31)33-30)26-21-13-19(11-12-23(21)39-17-29(26,3)16-38-4)27(37)32-25-20-10-8-7-9-18(20)14-22(25)35/h7-13,22,25-26,35H,5-6,14-17H2,1-4H3,(H2,31,33)(H,32,37)/t22-,25-,26?,29?/m1/s1. The van der Waals surface area contributed by atoms with Gasteiger partial charge >= 0.3 is 0 Å². The lowest BCUT2D eigenvalue weighted by atomic mass is 9.75. The number of benzene rings is 2. The van der Waals surface area contributed by atoms with Crippen molar-refractivity contribution in [2.75, 3.05) is 20.3 Å². The van der Waals surface area contributed by atoms with Crippen LogP contribution in [-0.4, -0.2) is 59.7 Å². The van der Waals surface area contributed by atoms with Gasteiger partial charge in [0.15, 0.2) is 5.96 Å². The summed E-state index contributed by atoms with van der Waals surface area (Å²) in [6.45, 7) is 6.61. The second-order valence-corrected chi connectivity index (χ2v) is 11.4. The molecule has 39 heavy (non-hydrogen) atoms. The van der Waals surface area contributed by atoms with E-state index in [1.54, 1.807) is 25.3 Å². The van der Waals surface area contributed by atoms with E-state index in [1.165, 1.54) is 4.90 Å². The van der Waals surface area contributed by atoms with Crippen LogP contribution in [0.2, 0.25) is 0 Å². The van der Waals surface area contributed by atoms with Gasteiger partial charge in [-0.2, -0.15) is 0 Å². The molecule has 0 spiro atoms. The van der Waals surface area contributed by atoms with Gasteiger partial charge in [0, 0.05) is 30.2 Å². The number of carbonyl (C=O) groups is 2. The first-order valence-corrected chi connectivity index (χ1v) is 13.7. The SMILES string of the molecule is CCC1(CC)CC(=O)N(C2c3cc(C(=O)N[C@@H]4c5ccccc5C[C@H]4O)ccc3OCC2(C)COC)C(=N)N1. The average Bonchev–Trinajstić information content (AvgIpc) is 3.23. The van der Waals surface area contributed by atoms with Crippen LogP contribution in [0.25, 0.3) is 0 Å². The number of carbonyl (C=O) groups excluding carboxylic acids is 2. The van der Waals surface area contributed by atoms with Gasteiger partial charge in [0.1, 0.15) is 5.75 Å². The second-order valence-electron chi connectivity index (χ2n) is 11.4. The number of hydrogen-bond donors (Lipinski definition) is 4. The van der Waals surface area contributed by atoms with E-state index in [0.717, 1.165) is 24.0 Å². The highest BCUT2D eigenvalue weighted by atomic mass is 16.5. The van der Waals surface area contributed by atoms with Crippen molar-refractivity contribution < 1.29 is 24.2 Å². The zero-order valence-corrected chi connectivity index (χ0v) is 23.0. The molecule has 2 aliphatic heterocycles. The summed E-state index contributed by atoms with van der Waals surface area (Å²) >= 11 is 0. The molecule has 2 amide bonds. The Bertz CT molecular complexity index is 1270. The molecule has 2 heterocycles. The van der Waals surface area contributed by atoms with E-state index in [0.29, 0.717) is 36.5 Å². The van der Waals surface area contributed by atoms with Gasteiger partial charge in [-0.05, 0) is 42.2 Å². The summed E-state index contributed by atoms with van der Waals surface area (Å²) in [6.07, 6.45) is 1.51. The van der Waals surface area contributed by atoms with Gasteiger partial charge in [0.25, 0.3) is 5.91 Å². The van der Waals surface area contributed by atoms with Crippen LogP contribution in [0, 0.1) is 10.8 Å². The monoisotopic (exact) mass is 534 g/mol. The van der Waals surface area contributed by atoms with Crippen molar-refractivity contribution in [3.05, 3.63) is 64.7 Å². The Morgan fingerprint density at radius 3 is 2.67 bits per heavy atom. The molecule has 0 radical (unpaired) electrons. The lowest BCUT2D eigenvalue weighted by Gasteiger charge is -2.51.